The van der Waals surface area contributed by atoms with Crippen molar-refractivity contribution in [3.63, 3.8) is 0 Å². The number of nitrogens with two attached hydrogens (primary N) is 1. The van der Waals surface area contributed by atoms with Crippen LogP contribution in [0.3, 0.4) is 0 Å². The number of urea groups is 1. The van der Waals surface area contributed by atoms with E-state index in [0.717, 1.165) is 13.1 Å². The first-order valence-corrected chi connectivity index (χ1v) is 3.99. The van der Waals surface area contributed by atoms with Crippen molar-refractivity contribution < 1.29 is 4.79 Å². The van der Waals surface area contributed by atoms with Crippen molar-refractivity contribution in [3.05, 3.63) is 0 Å². The van der Waals surface area contributed by atoms with Crippen LogP contribution >= 0.6 is 0 Å². The molecule has 0 aliphatic rings. The predicted molar refractivity (Wildman–Crippen MR) is 44.9 cm³/mol. The van der Waals surface area contributed by atoms with E-state index in [1.54, 1.807) is 5.01 Å². The maximum Gasteiger partial charge on any atom is 0.329 e. The summed E-state index contributed by atoms with van der Waals surface area (Å²) in [6.07, 6.45) is 0. The van der Waals surface area contributed by atoms with Crippen molar-refractivity contribution in [2.45, 2.75) is 20.8 Å². The summed E-state index contributed by atoms with van der Waals surface area (Å²) in [5.41, 5.74) is 5.14. The molecule has 0 unspecified atom stereocenters. The molecule has 0 saturated heterocycles. The summed E-state index contributed by atoms with van der Waals surface area (Å²) >= 11 is 0. The molecule has 4 nitrogen and oxygen atoms in total. The van der Waals surface area contributed by atoms with Gasteiger partial charge >= 0.3 is 6.03 Å². The summed E-state index contributed by atoms with van der Waals surface area (Å²) in [5.74, 6) is 0. The number of carbonyl (C=O) groups is 1. The molecule has 0 aliphatic heterocycles. The van der Waals surface area contributed by atoms with Gasteiger partial charge in [0.05, 0.1) is 0 Å². The molecule has 0 atom stereocenters. The minimum Gasteiger partial charge on any atom is -0.350 e. The molecule has 2 amide bonds. The van der Waals surface area contributed by atoms with Crippen molar-refractivity contribution in [1.82, 2.24) is 10.0 Å². The fourth-order valence-corrected chi connectivity index (χ4v) is 1.06. The lowest BCUT2D eigenvalue weighted by molar-refractivity contribution is 0.0318. The number of nitrogens with zero attached hydrogens (tertiary/aromatic N) is 2. The third kappa shape index (κ3) is 2.76. The van der Waals surface area contributed by atoms with Gasteiger partial charge in [-0.3, -0.25) is 5.01 Å². The second-order valence-electron chi connectivity index (χ2n) is 2.19. The van der Waals surface area contributed by atoms with Crippen LogP contribution in [-0.2, 0) is 0 Å². The summed E-state index contributed by atoms with van der Waals surface area (Å²) in [7, 11) is 0. The molecule has 0 aliphatic carbocycles. The number of primary amides is 1. The van der Waals surface area contributed by atoms with E-state index < -0.39 is 0 Å². The molecular weight excluding hydrogens is 142 g/mol. The van der Waals surface area contributed by atoms with E-state index in [4.69, 9.17) is 5.73 Å². The minimum absolute atomic E-state index is 0.379. The number of hydrogen-bond acceptors (Lipinski definition) is 2. The van der Waals surface area contributed by atoms with Crippen LogP contribution < -0.4 is 5.73 Å². The maximum absolute atomic E-state index is 10.8. The molecule has 11 heavy (non-hydrogen) atoms. The van der Waals surface area contributed by atoms with Crippen molar-refractivity contribution in [2.75, 3.05) is 19.6 Å². The van der Waals surface area contributed by atoms with E-state index in [0.29, 0.717) is 6.54 Å². The van der Waals surface area contributed by atoms with Gasteiger partial charge in [0, 0.05) is 19.6 Å². The highest BCUT2D eigenvalue weighted by molar-refractivity contribution is 5.71. The van der Waals surface area contributed by atoms with E-state index in [2.05, 4.69) is 0 Å². The highest BCUT2D eigenvalue weighted by atomic mass is 16.2. The molecule has 66 valence electrons. The Morgan fingerprint density at radius 3 is 1.73 bits per heavy atom. The summed E-state index contributed by atoms with van der Waals surface area (Å²) in [6.45, 7) is 8.16. The molecule has 0 radical (unpaired) electrons. The van der Waals surface area contributed by atoms with Gasteiger partial charge in [-0.2, -0.15) is 0 Å². The molecule has 0 spiro atoms. The third-order valence-corrected chi connectivity index (χ3v) is 1.63. The average Bonchev–Trinajstić information content (AvgIpc) is 1.99. The van der Waals surface area contributed by atoms with Gasteiger partial charge in [0.1, 0.15) is 0 Å². The predicted octanol–water partition coefficient (Wildman–Crippen LogP) is 0.644. The second-order valence-corrected chi connectivity index (χ2v) is 2.19. The fourth-order valence-electron chi connectivity index (χ4n) is 1.06. The largest absolute Gasteiger partial charge is 0.350 e. The highest BCUT2D eigenvalue weighted by Gasteiger charge is 2.12. The SMILES string of the molecule is CCN(CC)N(CC)C(N)=O. The van der Waals surface area contributed by atoms with Gasteiger partial charge in [-0.25, -0.2) is 9.80 Å². The highest BCUT2D eigenvalue weighted by Crippen LogP contribution is 1.95. The van der Waals surface area contributed by atoms with E-state index in [1.165, 1.54) is 0 Å². The van der Waals surface area contributed by atoms with Crippen LogP contribution in [-0.4, -0.2) is 35.7 Å². The molecule has 4 heteroatoms. The Kier molecular flexibility index (Phi) is 4.61. The first-order valence-electron chi connectivity index (χ1n) is 3.99. The molecule has 2 N–H and O–H groups in total. The summed E-state index contributed by atoms with van der Waals surface area (Å²) in [6, 6.07) is -0.379. The zero-order valence-electron chi connectivity index (χ0n) is 7.50. The Bertz CT molecular complexity index is 123. The van der Waals surface area contributed by atoms with E-state index in [9.17, 15) is 4.79 Å². The van der Waals surface area contributed by atoms with Crippen molar-refractivity contribution in [2.24, 2.45) is 5.73 Å². The lowest BCUT2D eigenvalue weighted by atomic mass is 10.6. The van der Waals surface area contributed by atoms with Crippen molar-refractivity contribution >= 4 is 6.03 Å². The zero-order chi connectivity index (χ0) is 8.85. The first-order chi connectivity index (χ1) is 5.17. The van der Waals surface area contributed by atoms with Gasteiger partial charge in [0.15, 0.2) is 0 Å². The third-order valence-electron chi connectivity index (χ3n) is 1.63. The zero-order valence-corrected chi connectivity index (χ0v) is 7.50. The Labute approximate surface area is 67.9 Å². The van der Waals surface area contributed by atoms with Crippen LogP contribution in [0.4, 0.5) is 4.79 Å². The Balaban J connectivity index is 4.09. The van der Waals surface area contributed by atoms with Gasteiger partial charge in [0.2, 0.25) is 0 Å². The molecule has 0 saturated carbocycles. The Hall–Kier alpha value is -0.770. The lowest BCUT2D eigenvalue weighted by Gasteiger charge is -2.30. The van der Waals surface area contributed by atoms with Gasteiger partial charge in [-0.15, -0.1) is 0 Å². The van der Waals surface area contributed by atoms with Crippen molar-refractivity contribution in [1.29, 1.82) is 0 Å². The van der Waals surface area contributed by atoms with E-state index in [1.807, 2.05) is 25.8 Å². The lowest BCUT2D eigenvalue weighted by Crippen LogP contribution is -2.48. The standard InChI is InChI=1S/C7H17N3O/c1-4-9(5-2)10(6-3)7(8)11/h4-6H2,1-3H3,(H2,8,11). The first kappa shape index (κ1) is 10.2. The van der Waals surface area contributed by atoms with Gasteiger partial charge in [-0.05, 0) is 6.92 Å². The molecule has 0 bridgehead atoms. The average molecular weight is 159 g/mol. The van der Waals surface area contributed by atoms with Crippen LogP contribution in [0.5, 0.6) is 0 Å². The van der Waals surface area contributed by atoms with Gasteiger partial charge < -0.3 is 5.73 Å². The van der Waals surface area contributed by atoms with Crippen molar-refractivity contribution in [3.8, 4) is 0 Å². The topological polar surface area (TPSA) is 49.6 Å². The maximum atomic E-state index is 10.8. The summed E-state index contributed by atoms with van der Waals surface area (Å²) in [5, 5.41) is 3.45. The molecule has 0 fully saturated rings. The smallest absolute Gasteiger partial charge is 0.329 e. The van der Waals surface area contributed by atoms with Gasteiger partial charge in [-0.1, -0.05) is 13.8 Å². The summed E-state index contributed by atoms with van der Waals surface area (Å²) in [4.78, 5) is 10.8. The second kappa shape index (κ2) is 4.96. The minimum atomic E-state index is -0.379. The molecule has 0 rings (SSSR count). The molecule has 0 aromatic rings. The molecular formula is C7H17N3O. The Morgan fingerprint density at radius 2 is 1.64 bits per heavy atom. The monoisotopic (exact) mass is 159 g/mol. The quantitative estimate of drug-likeness (QED) is 0.612. The van der Waals surface area contributed by atoms with Crippen LogP contribution in [0.25, 0.3) is 0 Å². The van der Waals surface area contributed by atoms with E-state index >= 15 is 0 Å². The van der Waals surface area contributed by atoms with Crippen LogP contribution in [0.1, 0.15) is 20.8 Å². The van der Waals surface area contributed by atoms with Gasteiger partial charge in [0.25, 0.3) is 0 Å². The summed E-state index contributed by atoms with van der Waals surface area (Å²) < 4.78 is 0. The van der Waals surface area contributed by atoms with Crippen LogP contribution in [0.2, 0.25) is 0 Å². The number of hydrogen-bond donors (Lipinski definition) is 1. The number of rotatable bonds is 4. The van der Waals surface area contributed by atoms with Crippen LogP contribution in [0.15, 0.2) is 0 Å². The molecule has 0 heterocycles. The fraction of sp³-hybridized carbons (Fsp3) is 0.857. The number of carbonyl (C=O) groups excluding carboxylic acids is 1. The molecule has 0 aromatic heterocycles. The normalized spacial score (nSPS) is 10.2. The number of hydrazine groups is 1. The van der Waals surface area contributed by atoms with E-state index in [-0.39, 0.29) is 6.03 Å². The van der Waals surface area contributed by atoms with Crippen LogP contribution in [0, 0.1) is 0 Å². The number of amides is 2. The Morgan fingerprint density at radius 1 is 1.18 bits per heavy atom. The molecule has 0 aromatic carbocycles.